The van der Waals surface area contributed by atoms with Gasteiger partial charge in [-0.3, -0.25) is 14.6 Å². The van der Waals surface area contributed by atoms with Crippen LogP contribution in [-0.2, 0) is 9.59 Å². The molecule has 0 radical (unpaired) electrons. The van der Waals surface area contributed by atoms with E-state index in [2.05, 4.69) is 0 Å². The normalized spacial score (nSPS) is 26.2. The molecule has 1 aliphatic rings. The van der Waals surface area contributed by atoms with Gasteiger partial charge in [-0.05, 0) is 0 Å². The summed E-state index contributed by atoms with van der Waals surface area (Å²) in [5.74, 6) is -1.11. The molecule has 0 aromatic heterocycles. The highest BCUT2D eigenvalue weighted by molar-refractivity contribution is 5.87. The van der Waals surface area contributed by atoms with E-state index < -0.39 is 12.0 Å². The molecular formula is C6H10N2O3. The number of rotatable bonds is 1. The Kier molecular flexibility index (Phi) is 1.82. The van der Waals surface area contributed by atoms with Gasteiger partial charge in [0.2, 0.25) is 5.91 Å². The summed E-state index contributed by atoms with van der Waals surface area (Å²) in [5, 5.41) is 11.3. The molecule has 5 heteroatoms. The summed E-state index contributed by atoms with van der Waals surface area (Å²) in [6, 6.07) is -0.688. The van der Waals surface area contributed by atoms with Crippen molar-refractivity contribution in [2.24, 2.45) is 0 Å². The molecule has 1 aliphatic heterocycles. The Morgan fingerprint density at radius 1 is 1.64 bits per heavy atom. The Morgan fingerprint density at radius 3 is 2.36 bits per heavy atom. The van der Waals surface area contributed by atoms with Gasteiger partial charge in [0.05, 0.1) is 6.42 Å². The fraction of sp³-hybridized carbons (Fsp3) is 0.667. The molecule has 1 N–H and O–H groups in total. The van der Waals surface area contributed by atoms with Gasteiger partial charge >= 0.3 is 5.97 Å². The third kappa shape index (κ3) is 1.19. The highest BCUT2D eigenvalue weighted by atomic mass is 16.4. The smallest absolute Gasteiger partial charge is 0.323 e. The van der Waals surface area contributed by atoms with Gasteiger partial charge in [0.1, 0.15) is 6.04 Å². The molecule has 1 heterocycles. The number of amides is 1. The number of aliphatic carboxylic acids is 1. The Hall–Kier alpha value is -1.10. The zero-order valence-electron chi connectivity index (χ0n) is 6.44. The molecule has 0 unspecified atom stereocenters. The van der Waals surface area contributed by atoms with Crippen LogP contribution >= 0.6 is 0 Å². The van der Waals surface area contributed by atoms with Gasteiger partial charge in [0.15, 0.2) is 0 Å². The quantitative estimate of drug-likeness (QED) is 0.540. The Bertz CT molecular complexity index is 204. The number of hydrogen-bond donors (Lipinski definition) is 1. The van der Waals surface area contributed by atoms with Crippen LogP contribution in [0.2, 0.25) is 0 Å². The minimum Gasteiger partial charge on any atom is -0.480 e. The predicted octanol–water partition coefficient (Wildman–Crippen LogP) is -0.851. The Balaban J connectivity index is 2.74. The first kappa shape index (κ1) is 8.00. The van der Waals surface area contributed by atoms with Gasteiger partial charge < -0.3 is 5.11 Å². The van der Waals surface area contributed by atoms with E-state index in [0.29, 0.717) is 0 Å². The van der Waals surface area contributed by atoms with Crippen LogP contribution in [0.25, 0.3) is 0 Å². The van der Waals surface area contributed by atoms with Crippen LogP contribution in [0.1, 0.15) is 6.42 Å². The number of carboxylic acid groups (broad SMARTS) is 1. The van der Waals surface area contributed by atoms with Gasteiger partial charge in [0, 0.05) is 14.1 Å². The molecular weight excluding hydrogens is 148 g/mol. The lowest BCUT2D eigenvalue weighted by molar-refractivity contribution is -0.145. The fourth-order valence-corrected chi connectivity index (χ4v) is 1.06. The third-order valence-electron chi connectivity index (χ3n) is 1.94. The Labute approximate surface area is 64.2 Å². The molecule has 62 valence electrons. The molecule has 0 aromatic carbocycles. The average Bonchev–Trinajstić information content (AvgIpc) is 2.17. The van der Waals surface area contributed by atoms with Gasteiger partial charge in [-0.1, -0.05) is 0 Å². The average molecular weight is 158 g/mol. The Morgan fingerprint density at radius 2 is 2.18 bits per heavy atom. The van der Waals surface area contributed by atoms with E-state index in [9.17, 15) is 9.59 Å². The van der Waals surface area contributed by atoms with Crippen LogP contribution in [0.4, 0.5) is 0 Å². The monoisotopic (exact) mass is 158 g/mol. The maximum absolute atomic E-state index is 10.9. The maximum atomic E-state index is 10.9. The second kappa shape index (κ2) is 2.50. The molecule has 1 fully saturated rings. The number of carbonyl (C=O) groups is 2. The molecule has 1 atom stereocenters. The second-order valence-corrected chi connectivity index (χ2v) is 2.55. The van der Waals surface area contributed by atoms with Gasteiger partial charge in [0.25, 0.3) is 0 Å². The van der Waals surface area contributed by atoms with E-state index in [1.165, 1.54) is 10.0 Å². The van der Waals surface area contributed by atoms with E-state index in [1.807, 2.05) is 0 Å². The molecule has 0 aliphatic carbocycles. The highest BCUT2D eigenvalue weighted by Gasteiger charge is 2.37. The first-order valence-corrected chi connectivity index (χ1v) is 3.26. The number of hydrogen-bond acceptors (Lipinski definition) is 3. The zero-order valence-corrected chi connectivity index (χ0v) is 6.44. The van der Waals surface area contributed by atoms with Crippen LogP contribution in [-0.4, -0.2) is 47.1 Å². The maximum Gasteiger partial charge on any atom is 0.323 e. The molecule has 0 saturated carbocycles. The topological polar surface area (TPSA) is 60.9 Å². The van der Waals surface area contributed by atoms with Crippen LogP contribution in [0.5, 0.6) is 0 Å². The summed E-state index contributed by atoms with van der Waals surface area (Å²) in [5.41, 5.74) is 0. The predicted molar refractivity (Wildman–Crippen MR) is 36.6 cm³/mol. The first-order chi connectivity index (χ1) is 5.04. The molecule has 1 saturated heterocycles. The first-order valence-electron chi connectivity index (χ1n) is 3.26. The lowest BCUT2D eigenvalue weighted by Gasteiger charge is -2.21. The number of carbonyl (C=O) groups excluding carboxylic acids is 1. The van der Waals surface area contributed by atoms with Crippen molar-refractivity contribution in [3.05, 3.63) is 0 Å². The lowest BCUT2D eigenvalue weighted by atomic mass is 10.2. The van der Waals surface area contributed by atoms with E-state index in [1.54, 1.807) is 14.1 Å². The summed E-state index contributed by atoms with van der Waals surface area (Å²) in [6.07, 6.45) is 0.0718. The molecule has 5 nitrogen and oxygen atoms in total. The minimum absolute atomic E-state index is 0.0718. The lowest BCUT2D eigenvalue weighted by Crippen LogP contribution is -2.39. The molecule has 1 amide bonds. The highest BCUT2D eigenvalue weighted by Crippen LogP contribution is 2.15. The van der Waals surface area contributed by atoms with Crippen molar-refractivity contribution in [1.29, 1.82) is 0 Å². The second-order valence-electron chi connectivity index (χ2n) is 2.55. The van der Waals surface area contributed by atoms with Crippen molar-refractivity contribution in [3.8, 4) is 0 Å². The van der Waals surface area contributed by atoms with Gasteiger partial charge in [-0.15, -0.1) is 0 Å². The van der Waals surface area contributed by atoms with Crippen LogP contribution in [0.15, 0.2) is 0 Å². The number of nitrogens with zero attached hydrogens (tertiary/aromatic N) is 2. The van der Waals surface area contributed by atoms with Crippen molar-refractivity contribution < 1.29 is 14.7 Å². The number of likely N-dealkylation sites (N-methyl/N-ethyl adjacent to an activating group) is 1. The zero-order chi connectivity index (χ0) is 8.59. The number of hydrazine groups is 1. The largest absolute Gasteiger partial charge is 0.480 e. The molecule has 1 rings (SSSR count). The molecule has 0 bridgehead atoms. The summed E-state index contributed by atoms with van der Waals surface area (Å²) in [6.45, 7) is 0. The third-order valence-corrected chi connectivity index (χ3v) is 1.94. The van der Waals surface area contributed by atoms with Crippen molar-refractivity contribution in [2.45, 2.75) is 12.5 Å². The van der Waals surface area contributed by atoms with Crippen molar-refractivity contribution in [2.75, 3.05) is 14.1 Å². The van der Waals surface area contributed by atoms with Crippen molar-refractivity contribution >= 4 is 11.9 Å². The summed E-state index contributed by atoms with van der Waals surface area (Å²) in [7, 11) is 3.15. The van der Waals surface area contributed by atoms with Crippen molar-refractivity contribution in [3.63, 3.8) is 0 Å². The molecule has 0 spiro atoms. The molecule has 11 heavy (non-hydrogen) atoms. The van der Waals surface area contributed by atoms with Crippen LogP contribution < -0.4 is 0 Å². The summed E-state index contributed by atoms with van der Waals surface area (Å²) >= 11 is 0. The van der Waals surface area contributed by atoms with Crippen LogP contribution in [0.3, 0.4) is 0 Å². The van der Waals surface area contributed by atoms with E-state index >= 15 is 0 Å². The van der Waals surface area contributed by atoms with Crippen molar-refractivity contribution in [1.82, 2.24) is 10.0 Å². The standard InChI is InChI=1S/C6H10N2O3/c1-7-4(6(10)11)3-5(9)8(7)2/h4H,3H2,1-2H3,(H,10,11)/t4-/m1/s1. The van der Waals surface area contributed by atoms with E-state index in [4.69, 9.17) is 5.11 Å². The van der Waals surface area contributed by atoms with Crippen LogP contribution in [0, 0.1) is 0 Å². The molecule has 0 aromatic rings. The van der Waals surface area contributed by atoms with E-state index in [-0.39, 0.29) is 12.3 Å². The fourth-order valence-electron chi connectivity index (χ4n) is 1.06. The SMILES string of the molecule is CN1C(=O)C[C@H](C(=O)O)N1C. The van der Waals surface area contributed by atoms with Gasteiger partial charge in [-0.25, -0.2) is 5.01 Å². The number of carboxylic acids is 1. The minimum atomic E-state index is -0.954. The van der Waals surface area contributed by atoms with E-state index in [0.717, 1.165) is 0 Å². The summed E-state index contributed by atoms with van der Waals surface area (Å²) < 4.78 is 0. The summed E-state index contributed by atoms with van der Waals surface area (Å²) in [4.78, 5) is 21.4. The van der Waals surface area contributed by atoms with Gasteiger partial charge in [-0.2, -0.15) is 0 Å².